The fourth-order valence-corrected chi connectivity index (χ4v) is 3.94. The molecule has 1 aromatic carbocycles. The lowest BCUT2D eigenvalue weighted by molar-refractivity contribution is 0.0705. The number of hydrogen-bond donors (Lipinski definition) is 3. The van der Waals surface area contributed by atoms with Gasteiger partial charge in [0.15, 0.2) is 0 Å². The summed E-state index contributed by atoms with van der Waals surface area (Å²) >= 11 is 0. The van der Waals surface area contributed by atoms with Crippen molar-refractivity contribution in [3.63, 3.8) is 0 Å². The van der Waals surface area contributed by atoms with Crippen LogP contribution in [0.4, 0.5) is 5.95 Å². The number of rotatable bonds is 6. The number of piperidine rings is 1. The molecule has 0 unspecified atom stereocenters. The van der Waals surface area contributed by atoms with Gasteiger partial charge in [-0.1, -0.05) is 30.3 Å². The van der Waals surface area contributed by atoms with Gasteiger partial charge in [0.05, 0.1) is 5.56 Å². The molecule has 2 heterocycles. The van der Waals surface area contributed by atoms with Crippen LogP contribution in [0.5, 0.6) is 0 Å². The second-order valence-corrected chi connectivity index (χ2v) is 7.36. The number of fused-ring (bicyclic) bond motifs is 1. The lowest BCUT2D eigenvalue weighted by atomic mass is 9.97. The van der Waals surface area contributed by atoms with Crippen LogP contribution in [0.3, 0.4) is 0 Å². The molecule has 1 aromatic heterocycles. The highest BCUT2D eigenvalue weighted by molar-refractivity contribution is 5.92. The van der Waals surface area contributed by atoms with Gasteiger partial charge in [-0.05, 0) is 48.4 Å². The van der Waals surface area contributed by atoms with Crippen LogP contribution in [0, 0.1) is 5.92 Å². The van der Waals surface area contributed by atoms with E-state index in [-0.39, 0.29) is 5.56 Å². The molecule has 1 amide bonds. The van der Waals surface area contributed by atoms with Gasteiger partial charge in [0.25, 0.3) is 5.91 Å². The summed E-state index contributed by atoms with van der Waals surface area (Å²) in [5, 5.41) is 12.3. The largest absolute Gasteiger partial charge is 0.341 e. The summed E-state index contributed by atoms with van der Waals surface area (Å²) in [6.07, 6.45) is 8.43. The zero-order valence-corrected chi connectivity index (χ0v) is 15.8. The molecule has 2 aromatic rings. The number of anilines is 1. The predicted octanol–water partition coefficient (Wildman–Crippen LogP) is 2.04. The molecule has 7 heteroatoms. The topological polar surface area (TPSA) is 90.4 Å². The summed E-state index contributed by atoms with van der Waals surface area (Å²) < 4.78 is 0. The molecule has 2 aliphatic rings. The number of nitrogens with zero attached hydrogens (tertiary/aromatic N) is 3. The summed E-state index contributed by atoms with van der Waals surface area (Å²) in [4.78, 5) is 22.0. The third-order valence-corrected chi connectivity index (χ3v) is 5.58. The Hall–Kier alpha value is -2.77. The van der Waals surface area contributed by atoms with Crippen LogP contribution in [0.1, 0.15) is 34.3 Å². The van der Waals surface area contributed by atoms with Crippen LogP contribution < -0.4 is 15.7 Å². The van der Waals surface area contributed by atoms with Crippen molar-refractivity contribution in [3.05, 3.63) is 59.4 Å². The molecule has 1 aliphatic carbocycles. The van der Waals surface area contributed by atoms with Crippen molar-refractivity contribution in [2.45, 2.75) is 19.3 Å². The molecule has 0 spiro atoms. The fourth-order valence-electron chi connectivity index (χ4n) is 3.94. The Kier molecular flexibility index (Phi) is 5.64. The smallest absolute Gasteiger partial charge is 0.277 e. The molecule has 7 nitrogen and oxygen atoms in total. The number of carbonyl (C=O) groups is 1. The lowest BCUT2D eigenvalue weighted by Crippen LogP contribution is -2.38. The molecular formula is C21H25N5O2. The Labute approximate surface area is 164 Å². The number of nitrogens with one attached hydrogen (secondary N) is 2. The van der Waals surface area contributed by atoms with Gasteiger partial charge in [-0.3, -0.25) is 10.0 Å². The van der Waals surface area contributed by atoms with Crippen molar-refractivity contribution in [1.29, 1.82) is 0 Å². The molecular weight excluding hydrogens is 354 g/mol. The highest BCUT2D eigenvalue weighted by atomic mass is 16.5. The Morgan fingerprint density at radius 3 is 2.68 bits per heavy atom. The van der Waals surface area contributed by atoms with Crippen molar-refractivity contribution in [2.24, 2.45) is 5.92 Å². The van der Waals surface area contributed by atoms with Gasteiger partial charge < -0.3 is 10.2 Å². The second kappa shape index (κ2) is 8.50. The normalized spacial score (nSPS) is 16.6. The Morgan fingerprint density at radius 1 is 1.18 bits per heavy atom. The summed E-state index contributed by atoms with van der Waals surface area (Å²) in [6, 6.07) is 8.64. The minimum Gasteiger partial charge on any atom is -0.341 e. The maximum absolute atomic E-state index is 11.3. The maximum Gasteiger partial charge on any atom is 0.277 e. The predicted molar refractivity (Wildman–Crippen MR) is 107 cm³/mol. The van der Waals surface area contributed by atoms with E-state index in [9.17, 15) is 4.79 Å². The molecule has 3 N–H and O–H groups in total. The van der Waals surface area contributed by atoms with E-state index in [0.717, 1.165) is 45.4 Å². The van der Waals surface area contributed by atoms with Gasteiger partial charge in [0.2, 0.25) is 5.95 Å². The van der Waals surface area contributed by atoms with E-state index >= 15 is 0 Å². The van der Waals surface area contributed by atoms with Crippen LogP contribution >= 0.6 is 0 Å². The van der Waals surface area contributed by atoms with Crippen molar-refractivity contribution in [3.8, 4) is 0 Å². The molecule has 146 valence electrons. The van der Waals surface area contributed by atoms with Crippen molar-refractivity contribution in [2.75, 3.05) is 31.1 Å². The quantitative estimate of drug-likeness (QED) is 0.526. The number of allylic oxidation sites excluding steroid dienone is 1. The van der Waals surface area contributed by atoms with Crippen molar-refractivity contribution >= 4 is 17.4 Å². The summed E-state index contributed by atoms with van der Waals surface area (Å²) in [6.45, 7) is 3.76. The van der Waals surface area contributed by atoms with Crippen molar-refractivity contribution in [1.82, 2.24) is 20.8 Å². The first kappa shape index (κ1) is 18.6. The monoisotopic (exact) mass is 379 g/mol. The molecule has 1 fully saturated rings. The van der Waals surface area contributed by atoms with Gasteiger partial charge >= 0.3 is 0 Å². The fraction of sp³-hybridized carbons (Fsp3) is 0.381. The van der Waals surface area contributed by atoms with Gasteiger partial charge in [-0.2, -0.15) is 0 Å². The maximum atomic E-state index is 11.3. The van der Waals surface area contributed by atoms with Crippen LogP contribution in [-0.4, -0.2) is 47.3 Å². The van der Waals surface area contributed by atoms with Crippen LogP contribution in [0.2, 0.25) is 0 Å². The molecule has 1 aliphatic heterocycles. The Balaban J connectivity index is 1.22. The van der Waals surface area contributed by atoms with Gasteiger partial charge in [0, 0.05) is 32.0 Å². The van der Waals surface area contributed by atoms with E-state index in [0.29, 0.717) is 11.9 Å². The first-order valence-electron chi connectivity index (χ1n) is 9.74. The molecule has 0 radical (unpaired) electrons. The minimum atomic E-state index is -0.601. The third-order valence-electron chi connectivity index (χ3n) is 5.58. The zero-order valence-electron chi connectivity index (χ0n) is 15.8. The third kappa shape index (κ3) is 4.05. The number of benzene rings is 1. The van der Waals surface area contributed by atoms with E-state index in [4.69, 9.17) is 5.21 Å². The number of aromatic nitrogens is 2. The summed E-state index contributed by atoms with van der Waals surface area (Å²) in [5.41, 5.74) is 6.06. The molecule has 1 saturated heterocycles. The van der Waals surface area contributed by atoms with Gasteiger partial charge in [-0.25, -0.2) is 15.4 Å². The zero-order chi connectivity index (χ0) is 19.3. The Bertz CT molecular complexity index is 857. The summed E-state index contributed by atoms with van der Waals surface area (Å²) in [7, 11) is 0. The number of amides is 1. The highest BCUT2D eigenvalue weighted by Crippen LogP contribution is 2.26. The molecule has 28 heavy (non-hydrogen) atoms. The number of hydrogen-bond acceptors (Lipinski definition) is 6. The van der Waals surface area contributed by atoms with Gasteiger partial charge in [-0.15, -0.1) is 0 Å². The molecule has 0 bridgehead atoms. The van der Waals surface area contributed by atoms with E-state index in [1.807, 2.05) is 0 Å². The number of hydroxylamine groups is 1. The highest BCUT2D eigenvalue weighted by Gasteiger charge is 2.21. The van der Waals surface area contributed by atoms with Crippen LogP contribution in [0.25, 0.3) is 5.57 Å². The van der Waals surface area contributed by atoms with Crippen molar-refractivity contribution < 1.29 is 10.0 Å². The van der Waals surface area contributed by atoms with Crippen LogP contribution in [0.15, 0.2) is 42.7 Å². The molecule has 0 atom stereocenters. The molecule has 0 saturated carbocycles. The average molecular weight is 379 g/mol. The minimum absolute atomic E-state index is 0.244. The first-order chi connectivity index (χ1) is 13.7. The van der Waals surface area contributed by atoms with E-state index in [2.05, 4.69) is 50.5 Å². The van der Waals surface area contributed by atoms with E-state index in [1.54, 1.807) is 5.48 Å². The average Bonchev–Trinajstić information content (AvgIpc) is 3.17. The number of carbonyl (C=O) groups excluding carboxylic acids is 1. The first-order valence-corrected chi connectivity index (χ1v) is 9.74. The van der Waals surface area contributed by atoms with E-state index in [1.165, 1.54) is 29.1 Å². The second-order valence-electron chi connectivity index (χ2n) is 7.36. The van der Waals surface area contributed by atoms with Gasteiger partial charge in [0.1, 0.15) is 0 Å². The Morgan fingerprint density at radius 2 is 1.93 bits per heavy atom. The molecule has 4 rings (SSSR count). The van der Waals surface area contributed by atoms with Crippen LogP contribution in [-0.2, 0) is 6.42 Å². The van der Waals surface area contributed by atoms with E-state index < -0.39 is 5.91 Å². The summed E-state index contributed by atoms with van der Waals surface area (Å²) in [5.74, 6) is 0.679. The SMILES string of the molecule is O=C(NO)c1cnc(N2CCC(CNCC3=CCc4ccccc43)CC2)nc1. The standard InChI is InChI=1S/C21H25N5O2/c27-20(25-28)18-13-23-21(24-14-18)26-9-7-15(8-10-26)11-22-12-17-6-5-16-3-1-2-4-19(16)17/h1-4,6,13-15,22,28H,5,7-12H2,(H,25,27). The lowest BCUT2D eigenvalue weighted by Gasteiger charge is -2.32.